The van der Waals surface area contributed by atoms with E-state index in [-0.39, 0.29) is 24.6 Å². The third-order valence-electron chi connectivity index (χ3n) is 4.36. The van der Waals surface area contributed by atoms with Crippen molar-refractivity contribution in [2.45, 2.75) is 51.9 Å². The van der Waals surface area contributed by atoms with E-state index in [4.69, 9.17) is 4.74 Å². The van der Waals surface area contributed by atoms with Crippen molar-refractivity contribution < 1.29 is 22.7 Å². The molecule has 2 N–H and O–H groups in total. The molecule has 1 aliphatic rings. The van der Waals surface area contributed by atoms with Crippen molar-refractivity contribution in [2.75, 3.05) is 13.2 Å². The minimum atomic E-state index is -4.56. The number of aromatic nitrogens is 1. The first-order chi connectivity index (χ1) is 11.6. The summed E-state index contributed by atoms with van der Waals surface area (Å²) in [6.07, 6.45) is -1.60. The summed E-state index contributed by atoms with van der Waals surface area (Å²) >= 11 is 0. The van der Waals surface area contributed by atoms with Gasteiger partial charge in [-0.2, -0.15) is 13.2 Å². The van der Waals surface area contributed by atoms with E-state index in [0.717, 1.165) is 25.5 Å². The molecule has 1 aromatic rings. The van der Waals surface area contributed by atoms with Crippen LogP contribution in [0.3, 0.4) is 0 Å². The third-order valence-corrected chi connectivity index (χ3v) is 4.36. The second-order valence-corrected chi connectivity index (χ2v) is 6.86. The fourth-order valence-corrected chi connectivity index (χ4v) is 2.77. The third kappa shape index (κ3) is 4.84. The molecule has 5 nitrogen and oxygen atoms in total. The van der Waals surface area contributed by atoms with Crippen LogP contribution in [-0.2, 0) is 11.0 Å². The second kappa shape index (κ2) is 7.59. The summed E-state index contributed by atoms with van der Waals surface area (Å²) in [5.41, 5.74) is -1.93. The maximum absolute atomic E-state index is 13.0. The largest absolute Gasteiger partial charge is 0.476 e. The summed E-state index contributed by atoms with van der Waals surface area (Å²) in [6.45, 7) is 5.96. The molecule has 1 aliphatic heterocycles. The van der Waals surface area contributed by atoms with Crippen molar-refractivity contribution >= 4 is 5.91 Å². The molecule has 0 aromatic carbocycles. The van der Waals surface area contributed by atoms with Gasteiger partial charge in [0.2, 0.25) is 11.8 Å². The molecule has 0 spiro atoms. The second-order valence-electron chi connectivity index (χ2n) is 6.86. The maximum atomic E-state index is 13.0. The lowest BCUT2D eigenvalue weighted by atomic mass is 9.92. The molecular weight excluding hydrogens is 335 g/mol. The Morgan fingerprint density at radius 2 is 2.16 bits per heavy atom. The highest BCUT2D eigenvalue weighted by Gasteiger charge is 2.37. The predicted molar refractivity (Wildman–Crippen MR) is 87.1 cm³/mol. The van der Waals surface area contributed by atoms with Crippen molar-refractivity contribution in [3.8, 4) is 5.88 Å². The number of hydrogen-bond acceptors (Lipinski definition) is 4. The lowest BCUT2D eigenvalue weighted by Gasteiger charge is -2.28. The first kappa shape index (κ1) is 19.5. The predicted octanol–water partition coefficient (Wildman–Crippen LogP) is 2.76. The van der Waals surface area contributed by atoms with Gasteiger partial charge in [-0.05, 0) is 45.4 Å². The summed E-state index contributed by atoms with van der Waals surface area (Å²) in [5.74, 6) is -0.756. The average Bonchev–Trinajstić information content (AvgIpc) is 2.99. The number of ether oxygens (including phenoxy) is 1. The number of amides is 1. The Hall–Kier alpha value is -1.83. The molecule has 1 fully saturated rings. The van der Waals surface area contributed by atoms with Crippen LogP contribution in [0.1, 0.15) is 39.2 Å². The van der Waals surface area contributed by atoms with Crippen molar-refractivity contribution in [3.05, 3.63) is 23.9 Å². The van der Waals surface area contributed by atoms with E-state index in [0.29, 0.717) is 0 Å². The maximum Gasteiger partial charge on any atom is 0.421 e. The van der Waals surface area contributed by atoms with Gasteiger partial charge in [-0.25, -0.2) is 4.98 Å². The number of rotatable bonds is 6. The monoisotopic (exact) mass is 359 g/mol. The normalized spacial score (nSPS) is 21.2. The summed E-state index contributed by atoms with van der Waals surface area (Å²) in [6, 6.07) is 2.35. The molecule has 140 valence electrons. The van der Waals surface area contributed by atoms with E-state index in [1.54, 1.807) is 13.8 Å². The number of nitrogens with zero attached hydrogens (tertiary/aromatic N) is 1. The van der Waals surface area contributed by atoms with Crippen LogP contribution in [-0.4, -0.2) is 36.1 Å². The Labute approximate surface area is 145 Å². The molecule has 1 saturated heterocycles. The fraction of sp³-hybridized carbons (Fsp3) is 0.647. The smallest absolute Gasteiger partial charge is 0.421 e. The fourth-order valence-electron chi connectivity index (χ4n) is 2.77. The lowest BCUT2D eigenvalue weighted by molar-refractivity contribution is -0.139. The van der Waals surface area contributed by atoms with Gasteiger partial charge in [-0.3, -0.25) is 4.79 Å². The van der Waals surface area contributed by atoms with Crippen molar-refractivity contribution in [3.63, 3.8) is 0 Å². The molecule has 25 heavy (non-hydrogen) atoms. The van der Waals surface area contributed by atoms with Gasteiger partial charge in [-0.15, -0.1) is 0 Å². The molecule has 0 saturated carbocycles. The van der Waals surface area contributed by atoms with Crippen molar-refractivity contribution in [1.29, 1.82) is 0 Å². The zero-order valence-electron chi connectivity index (χ0n) is 14.6. The quantitative estimate of drug-likeness (QED) is 0.820. The molecule has 0 bridgehead atoms. The number of carbonyl (C=O) groups is 1. The Kier molecular flexibility index (Phi) is 5.92. The van der Waals surface area contributed by atoms with Crippen LogP contribution in [0.2, 0.25) is 0 Å². The van der Waals surface area contributed by atoms with Gasteiger partial charge in [-0.1, -0.05) is 6.92 Å². The Bertz CT molecular complexity index is 605. The van der Waals surface area contributed by atoms with E-state index in [2.05, 4.69) is 15.6 Å². The molecule has 2 atom stereocenters. The zero-order valence-corrected chi connectivity index (χ0v) is 14.6. The van der Waals surface area contributed by atoms with Crippen molar-refractivity contribution in [2.24, 2.45) is 5.41 Å². The molecule has 0 unspecified atom stereocenters. The molecule has 8 heteroatoms. The standard InChI is InChI=1S/C17H24F3N3O2/c1-4-12-13(7-9-21-12)23-15(24)16(2,3)10-25-14-11(17(18,19)20)6-5-8-22-14/h5-6,8,12-13,21H,4,7,9-10H2,1-3H3,(H,23,24)/t12-,13+/m0/s1. The van der Waals surface area contributed by atoms with Gasteiger partial charge in [0.15, 0.2) is 0 Å². The summed E-state index contributed by atoms with van der Waals surface area (Å²) < 4.78 is 44.2. The van der Waals surface area contributed by atoms with Crippen LogP contribution < -0.4 is 15.4 Å². The molecule has 2 heterocycles. The Morgan fingerprint density at radius 1 is 1.44 bits per heavy atom. The van der Waals surface area contributed by atoms with Gasteiger partial charge in [0.1, 0.15) is 12.2 Å². The van der Waals surface area contributed by atoms with Gasteiger partial charge < -0.3 is 15.4 Å². The number of hydrogen-bond donors (Lipinski definition) is 2. The zero-order chi connectivity index (χ0) is 18.7. The van der Waals surface area contributed by atoms with Gasteiger partial charge in [0, 0.05) is 18.3 Å². The summed E-state index contributed by atoms with van der Waals surface area (Å²) in [7, 11) is 0. The van der Waals surface area contributed by atoms with E-state index in [1.165, 1.54) is 12.3 Å². The number of carbonyl (C=O) groups excluding carboxylic acids is 1. The highest BCUT2D eigenvalue weighted by Crippen LogP contribution is 2.35. The van der Waals surface area contributed by atoms with Crippen LogP contribution in [0.15, 0.2) is 18.3 Å². The van der Waals surface area contributed by atoms with Gasteiger partial charge >= 0.3 is 6.18 Å². The number of pyridine rings is 1. The first-order valence-electron chi connectivity index (χ1n) is 8.34. The lowest BCUT2D eigenvalue weighted by Crippen LogP contribution is -2.49. The van der Waals surface area contributed by atoms with E-state index in [1.807, 2.05) is 6.92 Å². The van der Waals surface area contributed by atoms with Gasteiger partial charge in [0.25, 0.3) is 0 Å². The van der Waals surface area contributed by atoms with Gasteiger partial charge in [0.05, 0.1) is 5.41 Å². The topological polar surface area (TPSA) is 63.2 Å². The summed E-state index contributed by atoms with van der Waals surface area (Å²) in [4.78, 5) is 16.2. The summed E-state index contributed by atoms with van der Waals surface area (Å²) in [5, 5.41) is 6.29. The van der Waals surface area contributed by atoms with E-state index < -0.39 is 23.0 Å². The van der Waals surface area contributed by atoms with Crippen LogP contribution in [0, 0.1) is 5.41 Å². The highest BCUT2D eigenvalue weighted by atomic mass is 19.4. The molecule has 2 rings (SSSR count). The molecule has 0 radical (unpaired) electrons. The highest BCUT2D eigenvalue weighted by molar-refractivity contribution is 5.82. The molecule has 0 aliphatic carbocycles. The van der Waals surface area contributed by atoms with Crippen molar-refractivity contribution in [1.82, 2.24) is 15.6 Å². The van der Waals surface area contributed by atoms with Crippen LogP contribution >= 0.6 is 0 Å². The average molecular weight is 359 g/mol. The number of nitrogens with one attached hydrogen (secondary N) is 2. The van der Waals surface area contributed by atoms with E-state index in [9.17, 15) is 18.0 Å². The van der Waals surface area contributed by atoms with Crippen LogP contribution in [0.4, 0.5) is 13.2 Å². The number of halogens is 3. The molecule has 1 amide bonds. The minimum Gasteiger partial charge on any atom is -0.476 e. The minimum absolute atomic E-state index is 0.0253. The van der Waals surface area contributed by atoms with Crippen LogP contribution in [0.25, 0.3) is 0 Å². The number of alkyl halides is 3. The van der Waals surface area contributed by atoms with E-state index >= 15 is 0 Å². The Balaban J connectivity index is 2.01. The Morgan fingerprint density at radius 3 is 2.80 bits per heavy atom. The first-order valence-corrected chi connectivity index (χ1v) is 8.34. The molecular formula is C17H24F3N3O2. The molecule has 1 aromatic heterocycles. The SMILES string of the molecule is CC[C@@H]1NCC[C@H]1NC(=O)C(C)(C)COc1ncccc1C(F)(F)F. The van der Waals surface area contributed by atoms with Crippen LogP contribution in [0.5, 0.6) is 5.88 Å².